The number of benzene rings is 1. The predicted octanol–water partition coefficient (Wildman–Crippen LogP) is 3.38. The summed E-state index contributed by atoms with van der Waals surface area (Å²) in [6.07, 6.45) is 3.41. The Bertz CT molecular complexity index is 903. The Morgan fingerprint density at radius 2 is 2.12 bits per heavy atom. The zero-order valence-electron chi connectivity index (χ0n) is 13.3. The van der Waals surface area contributed by atoms with E-state index in [1.165, 1.54) is 12.1 Å². The molecule has 0 bridgehead atoms. The molecule has 24 heavy (non-hydrogen) atoms. The number of aromatic nitrogens is 3. The number of rotatable bonds is 2. The molecule has 6 heteroatoms. The number of nitrogens with zero attached hydrogens (tertiary/aromatic N) is 3. The molecule has 1 aromatic carbocycles. The molecule has 2 aromatic heterocycles. The van der Waals surface area contributed by atoms with Crippen molar-refractivity contribution in [3.63, 3.8) is 0 Å². The number of aromatic amines is 1. The van der Waals surface area contributed by atoms with Crippen LogP contribution in [0.3, 0.4) is 0 Å². The molecule has 1 fully saturated rings. The number of nitrogens with one attached hydrogen (secondary N) is 1. The van der Waals surface area contributed by atoms with Crippen LogP contribution in [-0.4, -0.2) is 32.5 Å². The molecular weight excluding hydrogens is 307 g/mol. The highest BCUT2D eigenvalue weighted by atomic mass is 19.1. The van der Waals surface area contributed by atoms with Gasteiger partial charge >= 0.3 is 0 Å². The van der Waals surface area contributed by atoms with Crippen molar-refractivity contribution < 1.29 is 9.18 Å². The summed E-state index contributed by atoms with van der Waals surface area (Å²) < 4.78 is 13.2. The van der Waals surface area contributed by atoms with Crippen LogP contribution in [0, 0.1) is 12.7 Å². The van der Waals surface area contributed by atoms with Gasteiger partial charge < -0.3 is 4.90 Å². The lowest BCUT2D eigenvalue weighted by Gasteiger charge is -2.25. The maximum absolute atomic E-state index is 13.2. The van der Waals surface area contributed by atoms with E-state index in [4.69, 9.17) is 0 Å². The second-order valence-corrected chi connectivity index (χ2v) is 6.14. The van der Waals surface area contributed by atoms with Gasteiger partial charge in [-0.2, -0.15) is 5.10 Å². The first-order valence-electron chi connectivity index (χ1n) is 8.00. The number of fused-ring (bicyclic) bond motifs is 1. The molecule has 0 radical (unpaired) electrons. The number of hydrogen-bond acceptors (Lipinski definition) is 3. The first-order chi connectivity index (χ1) is 11.6. The highest BCUT2D eigenvalue weighted by molar-refractivity contribution is 5.97. The molecule has 1 amide bonds. The van der Waals surface area contributed by atoms with Crippen molar-refractivity contribution in [1.82, 2.24) is 20.1 Å². The fraction of sp³-hybridized carbons (Fsp3) is 0.278. The Morgan fingerprint density at radius 3 is 2.92 bits per heavy atom. The Morgan fingerprint density at radius 1 is 1.33 bits per heavy atom. The van der Waals surface area contributed by atoms with E-state index in [-0.39, 0.29) is 17.8 Å². The summed E-state index contributed by atoms with van der Waals surface area (Å²) in [5, 5.41) is 7.82. The van der Waals surface area contributed by atoms with Crippen molar-refractivity contribution in [2.45, 2.75) is 25.8 Å². The second kappa shape index (κ2) is 5.70. The van der Waals surface area contributed by atoms with Gasteiger partial charge in [0.25, 0.3) is 5.91 Å². The largest absolute Gasteiger partial charge is 0.332 e. The minimum absolute atomic E-state index is 0.0146. The number of pyridine rings is 1. The predicted molar refractivity (Wildman–Crippen MR) is 88.0 cm³/mol. The first-order valence-corrected chi connectivity index (χ1v) is 8.00. The lowest BCUT2D eigenvalue weighted by Crippen LogP contribution is -2.30. The van der Waals surface area contributed by atoms with Crippen LogP contribution in [0.2, 0.25) is 0 Å². The van der Waals surface area contributed by atoms with E-state index in [1.807, 2.05) is 17.9 Å². The lowest BCUT2D eigenvalue weighted by atomic mass is 10.0. The maximum atomic E-state index is 13.2. The topological polar surface area (TPSA) is 61.9 Å². The molecule has 1 aliphatic heterocycles. The Hall–Kier alpha value is -2.76. The van der Waals surface area contributed by atoms with Crippen molar-refractivity contribution in [2.24, 2.45) is 0 Å². The number of halogens is 1. The van der Waals surface area contributed by atoms with Crippen molar-refractivity contribution in [3.05, 3.63) is 59.2 Å². The third-order valence-corrected chi connectivity index (χ3v) is 4.62. The molecule has 3 aromatic rings. The van der Waals surface area contributed by atoms with Crippen molar-refractivity contribution >= 4 is 16.9 Å². The normalized spacial score (nSPS) is 17.6. The van der Waals surface area contributed by atoms with E-state index in [2.05, 4.69) is 15.2 Å². The molecule has 1 N–H and O–H groups in total. The van der Waals surface area contributed by atoms with Crippen LogP contribution in [0.1, 0.15) is 40.5 Å². The number of amides is 1. The quantitative estimate of drug-likeness (QED) is 0.786. The standard InChI is InChI=1S/C18H17FN4O/c1-11-15-9-13(10-20-17(15)22-21-11)18(24)23-8-2-3-16(23)12-4-6-14(19)7-5-12/h4-7,9-10,16H,2-3,8H2,1H3,(H,20,21,22). The van der Waals surface area contributed by atoms with Gasteiger partial charge in [0.05, 0.1) is 17.3 Å². The van der Waals surface area contributed by atoms with Crippen LogP contribution in [0.15, 0.2) is 36.5 Å². The molecular formula is C18H17FN4O. The van der Waals surface area contributed by atoms with Crippen LogP contribution in [0.25, 0.3) is 11.0 Å². The maximum Gasteiger partial charge on any atom is 0.255 e. The van der Waals surface area contributed by atoms with Gasteiger partial charge in [-0.3, -0.25) is 9.89 Å². The zero-order valence-corrected chi connectivity index (χ0v) is 13.3. The molecule has 122 valence electrons. The fourth-order valence-corrected chi connectivity index (χ4v) is 3.35. The Kier molecular flexibility index (Phi) is 3.52. The Labute approximate surface area is 138 Å². The highest BCUT2D eigenvalue weighted by Crippen LogP contribution is 2.33. The summed E-state index contributed by atoms with van der Waals surface area (Å²) in [6, 6.07) is 8.22. The Balaban J connectivity index is 1.66. The van der Waals surface area contributed by atoms with Crippen LogP contribution in [0.5, 0.6) is 0 Å². The lowest BCUT2D eigenvalue weighted by molar-refractivity contribution is 0.0735. The van der Waals surface area contributed by atoms with Gasteiger partial charge in [0.15, 0.2) is 5.65 Å². The van der Waals surface area contributed by atoms with E-state index in [0.717, 1.165) is 29.5 Å². The summed E-state index contributed by atoms with van der Waals surface area (Å²) in [6.45, 7) is 2.58. The van der Waals surface area contributed by atoms with E-state index < -0.39 is 0 Å². The molecule has 0 aliphatic carbocycles. The number of H-pyrrole nitrogens is 1. The highest BCUT2D eigenvalue weighted by Gasteiger charge is 2.31. The fourth-order valence-electron chi connectivity index (χ4n) is 3.35. The van der Waals surface area contributed by atoms with Gasteiger partial charge in [0, 0.05) is 18.1 Å². The number of likely N-dealkylation sites (tertiary alicyclic amines) is 1. The third kappa shape index (κ3) is 2.44. The van der Waals surface area contributed by atoms with Crippen LogP contribution in [-0.2, 0) is 0 Å². The van der Waals surface area contributed by atoms with Gasteiger partial charge in [0.2, 0.25) is 0 Å². The summed E-state index contributed by atoms with van der Waals surface area (Å²) >= 11 is 0. The summed E-state index contributed by atoms with van der Waals surface area (Å²) in [5.41, 5.74) is 3.03. The first kappa shape index (κ1) is 14.8. The summed E-state index contributed by atoms with van der Waals surface area (Å²) in [4.78, 5) is 19.1. The SMILES string of the molecule is Cc1n[nH]c2ncc(C(=O)N3CCCC3c3ccc(F)cc3)cc12. The van der Waals surface area contributed by atoms with Crippen molar-refractivity contribution in [1.29, 1.82) is 0 Å². The van der Waals surface area contributed by atoms with Gasteiger partial charge in [-0.15, -0.1) is 0 Å². The molecule has 1 saturated heterocycles. The molecule has 5 nitrogen and oxygen atoms in total. The average molecular weight is 324 g/mol. The summed E-state index contributed by atoms with van der Waals surface area (Å²) in [7, 11) is 0. The minimum atomic E-state index is -0.264. The number of hydrogen-bond donors (Lipinski definition) is 1. The minimum Gasteiger partial charge on any atom is -0.332 e. The second-order valence-electron chi connectivity index (χ2n) is 6.14. The molecule has 0 spiro atoms. The van der Waals surface area contributed by atoms with E-state index >= 15 is 0 Å². The van der Waals surface area contributed by atoms with Crippen LogP contribution in [0.4, 0.5) is 4.39 Å². The van der Waals surface area contributed by atoms with Gasteiger partial charge in [-0.05, 0) is 43.5 Å². The monoisotopic (exact) mass is 324 g/mol. The van der Waals surface area contributed by atoms with Gasteiger partial charge in [-0.25, -0.2) is 9.37 Å². The molecule has 1 unspecified atom stereocenters. The number of carbonyl (C=O) groups is 1. The van der Waals surface area contributed by atoms with Crippen molar-refractivity contribution in [3.8, 4) is 0 Å². The molecule has 0 saturated carbocycles. The smallest absolute Gasteiger partial charge is 0.255 e. The molecule has 1 aliphatic rings. The van der Waals surface area contributed by atoms with Crippen molar-refractivity contribution in [2.75, 3.05) is 6.54 Å². The third-order valence-electron chi connectivity index (χ3n) is 4.62. The molecule has 4 rings (SSSR count). The van der Waals surface area contributed by atoms with Gasteiger partial charge in [0.1, 0.15) is 5.82 Å². The van der Waals surface area contributed by atoms with E-state index in [0.29, 0.717) is 17.8 Å². The summed E-state index contributed by atoms with van der Waals surface area (Å²) in [5.74, 6) is -0.309. The van der Waals surface area contributed by atoms with E-state index in [1.54, 1.807) is 18.3 Å². The zero-order chi connectivity index (χ0) is 16.7. The molecule has 1 atom stereocenters. The van der Waals surface area contributed by atoms with E-state index in [9.17, 15) is 9.18 Å². The average Bonchev–Trinajstić information content (AvgIpc) is 3.22. The van der Waals surface area contributed by atoms with Crippen LogP contribution >= 0.6 is 0 Å². The number of aryl methyl sites for hydroxylation is 1. The van der Waals surface area contributed by atoms with Gasteiger partial charge in [-0.1, -0.05) is 12.1 Å². The molecule has 3 heterocycles. The van der Waals surface area contributed by atoms with Crippen LogP contribution < -0.4 is 0 Å². The number of carbonyl (C=O) groups excluding carboxylic acids is 1.